The van der Waals surface area contributed by atoms with Crippen LogP contribution in [0.5, 0.6) is 6.01 Å². The molecule has 1 aromatic carbocycles. The number of nitrogens with zero attached hydrogens (tertiary/aromatic N) is 2. The number of halogens is 2. The van der Waals surface area contributed by atoms with Crippen LogP contribution in [-0.4, -0.2) is 16.2 Å². The highest BCUT2D eigenvalue weighted by atomic mass is 79.9. The summed E-state index contributed by atoms with van der Waals surface area (Å²) < 4.78 is 21.7. The number of benzene rings is 1. The van der Waals surface area contributed by atoms with E-state index in [4.69, 9.17) is 4.74 Å². The number of hydrogen-bond donors (Lipinski definition) is 0. The Labute approximate surface area is 106 Å². The molecule has 0 spiro atoms. The molecule has 0 fully saturated rings. The van der Waals surface area contributed by atoms with E-state index in [1.54, 1.807) is 18.2 Å². The fraction of sp³-hybridized carbons (Fsp3) is 0.250. The summed E-state index contributed by atoms with van der Waals surface area (Å²) in [5.41, 5.74) is 1.10. The van der Waals surface area contributed by atoms with Gasteiger partial charge in [0.1, 0.15) is 5.82 Å². The summed E-state index contributed by atoms with van der Waals surface area (Å²) >= 11 is 3.17. The summed E-state index contributed by atoms with van der Waals surface area (Å²) in [7, 11) is 0. The lowest BCUT2D eigenvalue weighted by molar-refractivity contribution is 0.231. The predicted molar refractivity (Wildman–Crippen MR) is 65.4 cm³/mol. The number of hydrogen-bond acceptors (Lipinski definition) is 2. The van der Waals surface area contributed by atoms with Gasteiger partial charge in [-0.05, 0) is 34.5 Å². The fourth-order valence-electron chi connectivity index (χ4n) is 1.90. The SMILES string of the molecule is Fc1c(Br)cccc1-c1cn2c(n1)OCCC2. The second-order valence-corrected chi connectivity index (χ2v) is 4.76. The van der Waals surface area contributed by atoms with E-state index in [0.717, 1.165) is 13.0 Å². The zero-order valence-electron chi connectivity index (χ0n) is 8.99. The lowest BCUT2D eigenvalue weighted by atomic mass is 10.1. The number of aryl methyl sites for hydroxylation is 1. The molecule has 3 nitrogen and oxygen atoms in total. The third-order valence-corrected chi connectivity index (χ3v) is 3.35. The molecule has 0 amide bonds. The van der Waals surface area contributed by atoms with Crippen molar-refractivity contribution < 1.29 is 9.13 Å². The Balaban J connectivity index is 2.09. The molecule has 0 radical (unpaired) electrons. The Hall–Kier alpha value is -1.36. The maximum absolute atomic E-state index is 13.9. The summed E-state index contributed by atoms with van der Waals surface area (Å²) in [5, 5.41) is 0. The van der Waals surface area contributed by atoms with Crippen LogP contribution in [0.25, 0.3) is 11.3 Å². The van der Waals surface area contributed by atoms with Crippen molar-refractivity contribution in [2.75, 3.05) is 6.61 Å². The van der Waals surface area contributed by atoms with Gasteiger partial charge in [-0.15, -0.1) is 0 Å². The minimum absolute atomic E-state index is 0.289. The van der Waals surface area contributed by atoms with E-state index >= 15 is 0 Å². The molecule has 0 atom stereocenters. The highest BCUT2D eigenvalue weighted by Crippen LogP contribution is 2.29. The largest absolute Gasteiger partial charge is 0.465 e. The molecule has 1 aliphatic rings. The van der Waals surface area contributed by atoms with Crippen LogP contribution >= 0.6 is 15.9 Å². The van der Waals surface area contributed by atoms with Crippen LogP contribution in [0.15, 0.2) is 28.9 Å². The van der Waals surface area contributed by atoms with Crippen LogP contribution in [0.4, 0.5) is 4.39 Å². The Morgan fingerprint density at radius 2 is 2.29 bits per heavy atom. The van der Waals surface area contributed by atoms with Gasteiger partial charge in [-0.1, -0.05) is 6.07 Å². The molecule has 17 heavy (non-hydrogen) atoms. The van der Waals surface area contributed by atoms with E-state index in [-0.39, 0.29) is 5.82 Å². The highest BCUT2D eigenvalue weighted by Gasteiger charge is 2.17. The zero-order chi connectivity index (χ0) is 11.8. The van der Waals surface area contributed by atoms with Crippen molar-refractivity contribution in [1.29, 1.82) is 0 Å². The Morgan fingerprint density at radius 3 is 3.12 bits per heavy atom. The molecule has 0 bridgehead atoms. The Morgan fingerprint density at radius 1 is 1.41 bits per heavy atom. The molecular weight excluding hydrogens is 287 g/mol. The molecule has 3 rings (SSSR count). The van der Waals surface area contributed by atoms with E-state index in [2.05, 4.69) is 20.9 Å². The molecule has 1 aliphatic heterocycles. The van der Waals surface area contributed by atoms with Crippen LogP contribution in [0.3, 0.4) is 0 Å². The summed E-state index contributed by atoms with van der Waals surface area (Å²) in [6.45, 7) is 1.55. The minimum atomic E-state index is -0.289. The van der Waals surface area contributed by atoms with E-state index in [1.165, 1.54) is 0 Å². The molecule has 2 aromatic rings. The first-order valence-corrected chi connectivity index (χ1v) is 6.19. The predicted octanol–water partition coefficient (Wildman–Crippen LogP) is 3.23. The Kier molecular flexibility index (Phi) is 2.63. The van der Waals surface area contributed by atoms with Crippen LogP contribution in [-0.2, 0) is 6.54 Å². The van der Waals surface area contributed by atoms with E-state index < -0.39 is 0 Å². The smallest absolute Gasteiger partial charge is 0.296 e. The fourth-order valence-corrected chi connectivity index (χ4v) is 2.27. The third kappa shape index (κ3) is 1.84. The molecule has 2 heterocycles. The van der Waals surface area contributed by atoms with Crippen molar-refractivity contribution in [2.45, 2.75) is 13.0 Å². The van der Waals surface area contributed by atoms with Gasteiger partial charge in [0.2, 0.25) is 0 Å². The van der Waals surface area contributed by atoms with E-state index in [9.17, 15) is 4.39 Å². The van der Waals surface area contributed by atoms with Crippen LogP contribution in [0.1, 0.15) is 6.42 Å². The molecule has 0 saturated heterocycles. The van der Waals surface area contributed by atoms with Crippen molar-refractivity contribution in [3.8, 4) is 17.3 Å². The normalized spacial score (nSPS) is 14.2. The van der Waals surface area contributed by atoms with E-state index in [1.807, 2.05) is 10.8 Å². The molecule has 0 aliphatic carbocycles. The Bertz CT molecular complexity index is 544. The van der Waals surface area contributed by atoms with Gasteiger partial charge in [0.15, 0.2) is 0 Å². The molecule has 0 unspecified atom stereocenters. The van der Waals surface area contributed by atoms with Gasteiger partial charge < -0.3 is 9.30 Å². The van der Waals surface area contributed by atoms with Gasteiger partial charge in [0.05, 0.1) is 16.8 Å². The van der Waals surface area contributed by atoms with Gasteiger partial charge in [0.25, 0.3) is 6.01 Å². The monoisotopic (exact) mass is 296 g/mol. The van der Waals surface area contributed by atoms with Crippen LogP contribution in [0, 0.1) is 5.82 Å². The van der Waals surface area contributed by atoms with Crippen LogP contribution < -0.4 is 4.74 Å². The minimum Gasteiger partial charge on any atom is -0.465 e. The van der Waals surface area contributed by atoms with Gasteiger partial charge >= 0.3 is 0 Å². The summed E-state index contributed by atoms with van der Waals surface area (Å²) in [5.74, 6) is -0.289. The number of ether oxygens (including phenoxy) is 1. The first-order chi connectivity index (χ1) is 8.25. The average molecular weight is 297 g/mol. The standard InChI is InChI=1S/C12H10BrFN2O/c13-9-4-1-3-8(11(9)14)10-7-16-5-2-6-17-12(16)15-10/h1,3-4,7H,2,5-6H2. The molecule has 0 N–H and O–H groups in total. The summed E-state index contributed by atoms with van der Waals surface area (Å²) in [6.07, 6.45) is 2.79. The topological polar surface area (TPSA) is 27.1 Å². The van der Waals surface area contributed by atoms with Crippen LogP contribution in [0.2, 0.25) is 0 Å². The molecule has 5 heteroatoms. The second kappa shape index (κ2) is 4.14. The first-order valence-electron chi connectivity index (χ1n) is 5.40. The first kappa shape index (κ1) is 10.8. The molecular formula is C12H10BrFN2O. The summed E-state index contributed by atoms with van der Waals surface area (Å²) in [6, 6.07) is 5.76. The molecule has 1 aromatic heterocycles. The van der Waals surface area contributed by atoms with E-state index in [0.29, 0.717) is 28.3 Å². The van der Waals surface area contributed by atoms with Crippen molar-refractivity contribution in [2.24, 2.45) is 0 Å². The lowest BCUT2D eigenvalue weighted by Crippen LogP contribution is -2.13. The summed E-state index contributed by atoms with van der Waals surface area (Å²) in [4.78, 5) is 4.30. The quantitative estimate of drug-likeness (QED) is 0.808. The zero-order valence-corrected chi connectivity index (χ0v) is 10.6. The van der Waals surface area contributed by atoms with Gasteiger partial charge in [-0.2, -0.15) is 4.98 Å². The van der Waals surface area contributed by atoms with Gasteiger partial charge in [0, 0.05) is 18.3 Å². The van der Waals surface area contributed by atoms with Crippen molar-refractivity contribution in [3.63, 3.8) is 0 Å². The number of fused-ring (bicyclic) bond motifs is 1. The lowest BCUT2D eigenvalue weighted by Gasteiger charge is -2.13. The van der Waals surface area contributed by atoms with Gasteiger partial charge in [-0.3, -0.25) is 0 Å². The molecule has 0 saturated carbocycles. The molecule has 88 valence electrons. The van der Waals surface area contributed by atoms with Gasteiger partial charge in [-0.25, -0.2) is 4.39 Å². The van der Waals surface area contributed by atoms with Crippen molar-refractivity contribution in [3.05, 3.63) is 34.7 Å². The maximum atomic E-state index is 13.9. The van der Waals surface area contributed by atoms with Crippen molar-refractivity contribution in [1.82, 2.24) is 9.55 Å². The number of rotatable bonds is 1. The third-order valence-electron chi connectivity index (χ3n) is 2.74. The second-order valence-electron chi connectivity index (χ2n) is 3.91. The van der Waals surface area contributed by atoms with Crippen molar-refractivity contribution >= 4 is 15.9 Å². The highest BCUT2D eigenvalue weighted by molar-refractivity contribution is 9.10. The average Bonchev–Trinajstić information content (AvgIpc) is 2.76. The number of imidazole rings is 1. The maximum Gasteiger partial charge on any atom is 0.296 e. The number of aromatic nitrogens is 2.